The third-order valence-electron chi connectivity index (χ3n) is 4.20. The van der Waals surface area contributed by atoms with Crippen LogP contribution in [-0.4, -0.2) is 23.7 Å². The van der Waals surface area contributed by atoms with Gasteiger partial charge in [-0.05, 0) is 41.5 Å². The molecule has 1 heterocycles. The van der Waals surface area contributed by atoms with Gasteiger partial charge in [-0.15, -0.1) is 0 Å². The van der Waals surface area contributed by atoms with E-state index in [0.717, 1.165) is 12.1 Å². The Kier molecular flexibility index (Phi) is 6.96. The van der Waals surface area contributed by atoms with Crippen LogP contribution >= 0.6 is 0 Å². The zero-order chi connectivity index (χ0) is 22.3. The molecule has 9 heteroatoms. The average Bonchev–Trinajstić information content (AvgIpc) is 3.28. The zero-order valence-electron chi connectivity index (χ0n) is 16.1. The second-order valence-electron chi connectivity index (χ2n) is 6.44. The fourth-order valence-corrected chi connectivity index (χ4v) is 2.55. The lowest BCUT2D eigenvalue weighted by Crippen LogP contribution is -2.10. The van der Waals surface area contributed by atoms with Crippen molar-refractivity contribution in [3.8, 4) is 11.5 Å². The molecule has 0 spiro atoms. The van der Waals surface area contributed by atoms with Gasteiger partial charge in [-0.3, -0.25) is 4.79 Å². The number of phenolic OH excluding ortho intramolecular Hbond substituents is 1. The van der Waals surface area contributed by atoms with Crippen LogP contribution < -0.4 is 4.74 Å². The maximum atomic E-state index is 12.5. The number of hydrogen-bond acceptors (Lipinski definition) is 6. The zero-order valence-corrected chi connectivity index (χ0v) is 16.1. The molecule has 0 unspecified atom stereocenters. The predicted octanol–water partition coefficient (Wildman–Crippen LogP) is 5.01. The minimum atomic E-state index is -4.38. The Morgan fingerprint density at radius 1 is 1.13 bits per heavy atom. The number of aromatic hydroxyl groups is 1. The first-order chi connectivity index (χ1) is 14.8. The van der Waals surface area contributed by atoms with Gasteiger partial charge in [0, 0.05) is 18.7 Å². The van der Waals surface area contributed by atoms with Crippen LogP contribution in [0.5, 0.6) is 11.5 Å². The molecule has 3 aromatic rings. The van der Waals surface area contributed by atoms with E-state index in [9.17, 15) is 23.1 Å². The first kappa shape index (κ1) is 21.9. The third-order valence-corrected chi connectivity index (χ3v) is 4.20. The molecule has 0 aliphatic heterocycles. The summed E-state index contributed by atoms with van der Waals surface area (Å²) in [4.78, 5) is 16.9. The van der Waals surface area contributed by atoms with Gasteiger partial charge in [0.1, 0.15) is 18.1 Å². The Bertz CT molecular complexity index is 1030. The van der Waals surface area contributed by atoms with Gasteiger partial charge in [-0.25, -0.2) is 0 Å². The van der Waals surface area contributed by atoms with E-state index in [0.29, 0.717) is 16.9 Å². The number of halogens is 3. The van der Waals surface area contributed by atoms with Gasteiger partial charge in [0.2, 0.25) is 5.78 Å². The molecule has 6 nitrogen and oxygen atoms in total. The second-order valence-corrected chi connectivity index (χ2v) is 6.44. The molecule has 31 heavy (non-hydrogen) atoms. The van der Waals surface area contributed by atoms with Crippen molar-refractivity contribution in [1.29, 1.82) is 0 Å². The normalized spacial score (nSPS) is 11.6. The van der Waals surface area contributed by atoms with Crippen molar-refractivity contribution in [3.63, 3.8) is 0 Å². The quantitative estimate of drug-likeness (QED) is 0.291. The highest BCUT2D eigenvalue weighted by Gasteiger charge is 2.29. The van der Waals surface area contributed by atoms with Crippen LogP contribution in [0.15, 0.2) is 70.4 Å². The summed E-state index contributed by atoms with van der Waals surface area (Å²) < 4.78 is 47.9. The number of benzene rings is 2. The standard InChI is InChI=1S/C22H18F3NO5/c23-22(24,25)17-6-3-15(4-7-17)13-31-26-10-9-16-5-8-18(12-19(16)27)30-14-20(28)21-2-1-11-29-21/h1-8,10-12,27H,9,13-14H2. The summed E-state index contributed by atoms with van der Waals surface area (Å²) in [6.07, 6.45) is -1.32. The number of oxime groups is 1. The molecule has 0 saturated carbocycles. The maximum absolute atomic E-state index is 12.5. The number of nitrogens with zero attached hydrogens (tertiary/aromatic N) is 1. The lowest BCUT2D eigenvalue weighted by molar-refractivity contribution is -0.137. The highest BCUT2D eigenvalue weighted by molar-refractivity contribution is 5.94. The summed E-state index contributed by atoms with van der Waals surface area (Å²) in [7, 11) is 0. The molecule has 0 saturated heterocycles. The first-order valence-electron chi connectivity index (χ1n) is 9.14. The van der Waals surface area contributed by atoms with Crippen LogP contribution in [0.1, 0.15) is 27.2 Å². The lowest BCUT2D eigenvalue weighted by atomic mass is 10.1. The summed E-state index contributed by atoms with van der Waals surface area (Å²) in [5.41, 5.74) is 0.359. The van der Waals surface area contributed by atoms with Crippen LogP contribution in [0.2, 0.25) is 0 Å². The number of carbonyl (C=O) groups is 1. The topological polar surface area (TPSA) is 81.3 Å². The number of Topliss-reactive ketones (excluding diaryl/α,β-unsaturated/α-hetero) is 1. The fourth-order valence-electron chi connectivity index (χ4n) is 2.55. The second kappa shape index (κ2) is 9.84. The molecule has 2 aromatic carbocycles. The van der Waals surface area contributed by atoms with Crippen molar-refractivity contribution in [2.75, 3.05) is 6.61 Å². The highest BCUT2D eigenvalue weighted by atomic mass is 19.4. The molecule has 0 bridgehead atoms. The molecule has 0 aliphatic carbocycles. The number of rotatable bonds is 9. The van der Waals surface area contributed by atoms with Gasteiger partial charge in [0.25, 0.3) is 0 Å². The first-order valence-corrected chi connectivity index (χ1v) is 9.14. The van der Waals surface area contributed by atoms with Crippen LogP contribution in [0.3, 0.4) is 0 Å². The van der Waals surface area contributed by atoms with Gasteiger partial charge >= 0.3 is 6.18 Å². The van der Waals surface area contributed by atoms with Crippen molar-refractivity contribution in [2.45, 2.75) is 19.2 Å². The highest BCUT2D eigenvalue weighted by Crippen LogP contribution is 2.29. The molecule has 0 atom stereocenters. The van der Waals surface area contributed by atoms with E-state index in [1.165, 1.54) is 36.7 Å². The minimum absolute atomic E-state index is 0.0110. The average molecular weight is 433 g/mol. The molecular formula is C22H18F3NO5. The molecule has 0 fully saturated rings. The van der Waals surface area contributed by atoms with Crippen molar-refractivity contribution >= 4 is 12.0 Å². The van der Waals surface area contributed by atoms with Gasteiger partial charge in [-0.2, -0.15) is 13.2 Å². The van der Waals surface area contributed by atoms with Crippen molar-refractivity contribution in [1.82, 2.24) is 0 Å². The molecule has 0 amide bonds. The molecule has 162 valence electrons. The summed E-state index contributed by atoms with van der Waals surface area (Å²) >= 11 is 0. The van der Waals surface area contributed by atoms with E-state index in [-0.39, 0.29) is 36.9 Å². The number of alkyl halides is 3. The van der Waals surface area contributed by atoms with Crippen LogP contribution in [-0.2, 0) is 24.0 Å². The molecular weight excluding hydrogens is 415 g/mol. The van der Waals surface area contributed by atoms with Crippen LogP contribution in [0, 0.1) is 0 Å². The number of hydrogen-bond donors (Lipinski definition) is 1. The summed E-state index contributed by atoms with van der Waals surface area (Å²) in [6, 6.07) is 12.3. The number of ketones is 1. The molecule has 1 N–H and O–H groups in total. The van der Waals surface area contributed by atoms with Crippen LogP contribution in [0.4, 0.5) is 13.2 Å². The smallest absolute Gasteiger partial charge is 0.416 e. The monoisotopic (exact) mass is 433 g/mol. The van der Waals surface area contributed by atoms with Gasteiger partial charge in [-0.1, -0.05) is 23.4 Å². The predicted molar refractivity (Wildman–Crippen MR) is 105 cm³/mol. The number of phenols is 1. The van der Waals surface area contributed by atoms with Gasteiger partial charge < -0.3 is 19.1 Å². The summed E-state index contributed by atoms with van der Waals surface area (Å²) in [5, 5.41) is 13.8. The molecule has 3 rings (SSSR count). The van der Waals surface area contributed by atoms with Crippen molar-refractivity contribution in [3.05, 3.63) is 83.3 Å². The van der Waals surface area contributed by atoms with Crippen molar-refractivity contribution < 1.29 is 37.1 Å². The summed E-state index contributed by atoms with van der Waals surface area (Å²) in [6.45, 7) is -0.220. The van der Waals surface area contributed by atoms with Gasteiger partial charge in [0.15, 0.2) is 12.4 Å². The Hall–Kier alpha value is -3.75. The third kappa shape index (κ3) is 6.36. The molecule has 0 aliphatic rings. The number of carbonyl (C=O) groups excluding carboxylic acids is 1. The van der Waals surface area contributed by atoms with Crippen LogP contribution in [0.25, 0.3) is 0 Å². The van der Waals surface area contributed by atoms with E-state index in [2.05, 4.69) is 5.16 Å². The minimum Gasteiger partial charge on any atom is -0.508 e. The van der Waals surface area contributed by atoms with E-state index in [4.69, 9.17) is 14.0 Å². The fraction of sp³-hybridized carbons (Fsp3) is 0.182. The molecule has 0 radical (unpaired) electrons. The van der Waals surface area contributed by atoms with E-state index >= 15 is 0 Å². The molecule has 1 aromatic heterocycles. The van der Waals surface area contributed by atoms with E-state index in [1.54, 1.807) is 18.2 Å². The Morgan fingerprint density at radius 2 is 1.90 bits per heavy atom. The van der Waals surface area contributed by atoms with Gasteiger partial charge in [0.05, 0.1) is 11.8 Å². The Labute approximate surface area is 175 Å². The SMILES string of the molecule is O=C(COc1ccc(CC=NOCc2ccc(C(F)(F)F)cc2)c(O)c1)c1ccco1. The number of ether oxygens (including phenoxy) is 1. The Balaban J connectivity index is 1.44. The largest absolute Gasteiger partial charge is 0.508 e. The Morgan fingerprint density at radius 3 is 2.55 bits per heavy atom. The lowest BCUT2D eigenvalue weighted by Gasteiger charge is -2.07. The van der Waals surface area contributed by atoms with E-state index < -0.39 is 11.7 Å². The summed E-state index contributed by atoms with van der Waals surface area (Å²) in [5.74, 6) is 0.132. The maximum Gasteiger partial charge on any atom is 0.416 e. The number of furan rings is 1. The van der Waals surface area contributed by atoms with Crippen molar-refractivity contribution in [2.24, 2.45) is 5.16 Å². The van der Waals surface area contributed by atoms with E-state index in [1.807, 2.05) is 0 Å².